The van der Waals surface area contributed by atoms with E-state index in [0.717, 1.165) is 44.7 Å². The third kappa shape index (κ3) is 7.28. The molecule has 20 heavy (non-hydrogen) atoms. The van der Waals surface area contributed by atoms with Crippen LogP contribution in [0.4, 0.5) is 5.95 Å². The molecule has 0 spiro atoms. The van der Waals surface area contributed by atoms with Crippen LogP contribution in [0.15, 0.2) is 6.07 Å². The second-order valence-corrected chi connectivity index (χ2v) is 4.77. The van der Waals surface area contributed by atoms with Crippen molar-refractivity contribution in [2.75, 3.05) is 31.7 Å². The summed E-state index contributed by atoms with van der Waals surface area (Å²) in [6.07, 6.45) is 4.23. The third-order valence-corrected chi connectivity index (χ3v) is 2.68. The summed E-state index contributed by atoms with van der Waals surface area (Å²) in [5.74, 6) is 1.27. The Bertz CT molecular complexity index is 372. The van der Waals surface area contributed by atoms with Gasteiger partial charge in [-0.3, -0.25) is 0 Å². The fourth-order valence-corrected chi connectivity index (χ4v) is 1.62. The van der Waals surface area contributed by atoms with E-state index in [1.807, 2.05) is 13.0 Å². The molecule has 0 amide bonds. The standard InChI is InChI=1S/C15H27N3O2/c1-4-6-10-19-11-7-8-16-15-17-13(3)12-14(18-15)20-9-5-2/h12H,4-11H2,1-3H3,(H,16,17,18). The number of anilines is 1. The quantitative estimate of drug-likeness (QED) is 0.631. The van der Waals surface area contributed by atoms with Gasteiger partial charge in [0.25, 0.3) is 0 Å². The molecule has 114 valence electrons. The molecule has 0 aliphatic heterocycles. The highest BCUT2D eigenvalue weighted by Gasteiger charge is 2.02. The zero-order valence-corrected chi connectivity index (χ0v) is 12.9. The van der Waals surface area contributed by atoms with E-state index in [1.165, 1.54) is 6.42 Å². The van der Waals surface area contributed by atoms with Gasteiger partial charge in [-0.25, -0.2) is 4.98 Å². The summed E-state index contributed by atoms with van der Waals surface area (Å²) in [5, 5.41) is 3.21. The van der Waals surface area contributed by atoms with Crippen molar-refractivity contribution in [1.29, 1.82) is 0 Å². The van der Waals surface area contributed by atoms with Gasteiger partial charge in [0.2, 0.25) is 11.8 Å². The van der Waals surface area contributed by atoms with Gasteiger partial charge in [0.05, 0.1) is 6.61 Å². The summed E-state index contributed by atoms with van der Waals surface area (Å²) in [4.78, 5) is 8.68. The first-order valence-electron chi connectivity index (χ1n) is 7.56. The van der Waals surface area contributed by atoms with Crippen LogP contribution in [-0.4, -0.2) is 36.3 Å². The van der Waals surface area contributed by atoms with Crippen LogP contribution < -0.4 is 10.1 Å². The van der Waals surface area contributed by atoms with Gasteiger partial charge in [0, 0.05) is 31.5 Å². The van der Waals surface area contributed by atoms with Crippen molar-refractivity contribution in [1.82, 2.24) is 9.97 Å². The number of nitrogens with one attached hydrogen (secondary N) is 1. The highest BCUT2D eigenvalue weighted by molar-refractivity contribution is 5.30. The van der Waals surface area contributed by atoms with Crippen molar-refractivity contribution in [3.63, 3.8) is 0 Å². The van der Waals surface area contributed by atoms with Crippen molar-refractivity contribution >= 4 is 5.95 Å². The molecule has 0 saturated carbocycles. The molecule has 0 unspecified atom stereocenters. The van der Waals surface area contributed by atoms with E-state index in [1.54, 1.807) is 0 Å². The summed E-state index contributed by atoms with van der Waals surface area (Å²) in [6, 6.07) is 1.86. The van der Waals surface area contributed by atoms with Crippen LogP contribution in [0.25, 0.3) is 0 Å². The molecule has 0 atom stereocenters. The minimum Gasteiger partial charge on any atom is -0.478 e. The first-order valence-corrected chi connectivity index (χ1v) is 7.56. The lowest BCUT2D eigenvalue weighted by atomic mass is 10.4. The van der Waals surface area contributed by atoms with Gasteiger partial charge >= 0.3 is 0 Å². The van der Waals surface area contributed by atoms with Gasteiger partial charge in [-0.1, -0.05) is 20.3 Å². The van der Waals surface area contributed by atoms with Gasteiger partial charge in [-0.15, -0.1) is 0 Å². The van der Waals surface area contributed by atoms with E-state index in [0.29, 0.717) is 18.4 Å². The number of unbranched alkanes of at least 4 members (excludes halogenated alkanes) is 1. The fourth-order valence-electron chi connectivity index (χ4n) is 1.62. The summed E-state index contributed by atoms with van der Waals surface area (Å²) < 4.78 is 11.0. The monoisotopic (exact) mass is 281 g/mol. The topological polar surface area (TPSA) is 56.3 Å². The summed E-state index contributed by atoms with van der Waals surface area (Å²) in [6.45, 7) is 9.30. The average Bonchev–Trinajstić information content (AvgIpc) is 2.43. The van der Waals surface area contributed by atoms with Crippen LogP contribution in [0, 0.1) is 6.92 Å². The van der Waals surface area contributed by atoms with Crippen LogP contribution in [0.5, 0.6) is 5.88 Å². The molecule has 0 aliphatic rings. The number of ether oxygens (including phenoxy) is 2. The van der Waals surface area contributed by atoms with Crippen LogP contribution in [0.1, 0.15) is 45.2 Å². The highest BCUT2D eigenvalue weighted by Crippen LogP contribution is 2.12. The number of aromatic nitrogens is 2. The van der Waals surface area contributed by atoms with Gasteiger partial charge in [-0.2, -0.15) is 4.98 Å². The molecule has 0 fully saturated rings. The van der Waals surface area contributed by atoms with Crippen LogP contribution in [0.3, 0.4) is 0 Å². The molecule has 0 aliphatic carbocycles. The molecule has 0 saturated heterocycles. The van der Waals surface area contributed by atoms with Crippen molar-refractivity contribution in [3.05, 3.63) is 11.8 Å². The van der Waals surface area contributed by atoms with Gasteiger partial charge < -0.3 is 14.8 Å². The van der Waals surface area contributed by atoms with Crippen molar-refractivity contribution in [2.45, 2.75) is 46.5 Å². The van der Waals surface area contributed by atoms with Crippen LogP contribution in [0.2, 0.25) is 0 Å². The lowest BCUT2D eigenvalue weighted by Crippen LogP contribution is -2.10. The van der Waals surface area contributed by atoms with E-state index in [2.05, 4.69) is 29.1 Å². The fraction of sp³-hybridized carbons (Fsp3) is 0.733. The normalized spacial score (nSPS) is 10.6. The predicted molar refractivity (Wildman–Crippen MR) is 81.4 cm³/mol. The maximum Gasteiger partial charge on any atom is 0.226 e. The molecular formula is C15H27N3O2. The number of rotatable bonds is 11. The SMILES string of the molecule is CCCCOCCCNc1nc(C)cc(OCCC)n1. The number of aryl methyl sites for hydroxylation is 1. The Morgan fingerprint density at radius 3 is 2.60 bits per heavy atom. The van der Waals surface area contributed by atoms with Crippen molar-refractivity contribution in [3.8, 4) is 5.88 Å². The zero-order valence-electron chi connectivity index (χ0n) is 12.9. The largest absolute Gasteiger partial charge is 0.478 e. The average molecular weight is 281 g/mol. The van der Waals surface area contributed by atoms with E-state index < -0.39 is 0 Å². The van der Waals surface area contributed by atoms with E-state index >= 15 is 0 Å². The van der Waals surface area contributed by atoms with Gasteiger partial charge in [0.1, 0.15) is 0 Å². The Balaban J connectivity index is 2.26. The maximum absolute atomic E-state index is 5.53. The van der Waals surface area contributed by atoms with E-state index in [4.69, 9.17) is 9.47 Å². The molecule has 1 aromatic rings. The number of hydrogen-bond donors (Lipinski definition) is 1. The Labute approximate surface area is 122 Å². The molecule has 1 N–H and O–H groups in total. The minimum atomic E-state index is 0.629. The number of nitrogens with zero attached hydrogens (tertiary/aromatic N) is 2. The first kappa shape index (κ1) is 16.7. The van der Waals surface area contributed by atoms with E-state index in [9.17, 15) is 0 Å². The summed E-state index contributed by atoms with van der Waals surface area (Å²) in [5.41, 5.74) is 0.910. The highest BCUT2D eigenvalue weighted by atomic mass is 16.5. The van der Waals surface area contributed by atoms with Gasteiger partial charge in [0.15, 0.2) is 0 Å². The Hall–Kier alpha value is -1.36. The van der Waals surface area contributed by atoms with Crippen LogP contribution >= 0.6 is 0 Å². The first-order chi connectivity index (χ1) is 9.76. The third-order valence-electron chi connectivity index (χ3n) is 2.68. The molecule has 5 heteroatoms. The minimum absolute atomic E-state index is 0.629. The summed E-state index contributed by atoms with van der Waals surface area (Å²) in [7, 11) is 0. The van der Waals surface area contributed by atoms with Crippen molar-refractivity contribution in [2.24, 2.45) is 0 Å². The smallest absolute Gasteiger partial charge is 0.226 e. The molecule has 1 rings (SSSR count). The molecule has 1 heterocycles. The van der Waals surface area contributed by atoms with Crippen LogP contribution in [-0.2, 0) is 4.74 Å². The molecule has 0 aromatic carbocycles. The maximum atomic E-state index is 5.53. The molecule has 0 radical (unpaired) electrons. The lowest BCUT2D eigenvalue weighted by molar-refractivity contribution is 0.131. The Morgan fingerprint density at radius 1 is 1.05 bits per heavy atom. The zero-order chi connectivity index (χ0) is 14.6. The van der Waals surface area contributed by atoms with Gasteiger partial charge in [-0.05, 0) is 26.2 Å². The number of hydrogen-bond acceptors (Lipinski definition) is 5. The molecule has 0 bridgehead atoms. The predicted octanol–water partition coefficient (Wildman–Crippen LogP) is 3.19. The van der Waals surface area contributed by atoms with Crippen molar-refractivity contribution < 1.29 is 9.47 Å². The lowest BCUT2D eigenvalue weighted by Gasteiger charge is -2.09. The second kappa shape index (κ2) is 10.4. The Kier molecular flexibility index (Phi) is 8.71. The molecule has 1 aromatic heterocycles. The second-order valence-electron chi connectivity index (χ2n) is 4.77. The molecular weight excluding hydrogens is 254 g/mol. The summed E-state index contributed by atoms with van der Waals surface area (Å²) >= 11 is 0. The Morgan fingerprint density at radius 2 is 1.85 bits per heavy atom. The van der Waals surface area contributed by atoms with E-state index in [-0.39, 0.29) is 0 Å². The molecule has 5 nitrogen and oxygen atoms in total.